The van der Waals surface area contributed by atoms with Crippen molar-refractivity contribution in [1.82, 2.24) is 10.2 Å². The van der Waals surface area contributed by atoms with Crippen molar-refractivity contribution in [2.24, 2.45) is 17.8 Å². The Balaban J connectivity index is 1.75. The van der Waals surface area contributed by atoms with Crippen molar-refractivity contribution in [3.8, 4) is 0 Å². The van der Waals surface area contributed by atoms with E-state index in [0.29, 0.717) is 23.6 Å². The van der Waals surface area contributed by atoms with Gasteiger partial charge >= 0.3 is 0 Å². The lowest BCUT2D eigenvalue weighted by Gasteiger charge is -2.36. The Labute approximate surface area is 186 Å². The molecule has 0 aromatic heterocycles. The monoisotopic (exact) mass is 449 g/mol. The van der Waals surface area contributed by atoms with Gasteiger partial charge in [-0.15, -0.1) is 0 Å². The van der Waals surface area contributed by atoms with Crippen LogP contribution in [-0.2, 0) is 19.1 Å². The van der Waals surface area contributed by atoms with Crippen LogP contribution in [0.2, 0.25) is 5.02 Å². The van der Waals surface area contributed by atoms with Gasteiger partial charge in [-0.2, -0.15) is 0 Å². The highest BCUT2D eigenvalue weighted by Crippen LogP contribution is 2.65. The van der Waals surface area contributed by atoms with E-state index in [2.05, 4.69) is 10.6 Å². The van der Waals surface area contributed by atoms with E-state index in [1.54, 1.807) is 31.3 Å². The molecule has 168 valence electrons. The molecular weight excluding hydrogens is 422 g/mol. The van der Waals surface area contributed by atoms with Crippen LogP contribution >= 0.6 is 11.6 Å². The number of fused-ring (bicyclic) bond motifs is 1. The summed E-state index contributed by atoms with van der Waals surface area (Å²) in [7, 11) is 1.54. The summed E-state index contributed by atoms with van der Waals surface area (Å²) < 4.78 is 6.52. The molecule has 2 bridgehead atoms. The Morgan fingerprint density at radius 2 is 1.97 bits per heavy atom. The molecule has 0 aliphatic carbocycles. The minimum atomic E-state index is -1.09. The molecule has 3 N–H and O–H groups in total. The Morgan fingerprint density at radius 1 is 1.29 bits per heavy atom. The Bertz CT molecular complexity index is 909. The third-order valence-corrected chi connectivity index (χ3v) is 7.51. The molecule has 0 radical (unpaired) electrons. The topological polar surface area (TPSA) is 108 Å². The largest absolute Gasteiger partial charge is 0.396 e. The first kappa shape index (κ1) is 22.0. The minimum absolute atomic E-state index is 0.0116. The predicted molar refractivity (Wildman–Crippen MR) is 114 cm³/mol. The van der Waals surface area contributed by atoms with Crippen LogP contribution in [0.4, 0.5) is 5.69 Å². The Kier molecular flexibility index (Phi) is 5.52. The normalized spacial score (nSPS) is 35.9. The number of carbonyl (C=O) groups excluding carboxylic acids is 3. The number of carbonyl (C=O) groups is 3. The number of hydrogen-bond donors (Lipinski definition) is 3. The molecule has 0 saturated carbocycles. The van der Waals surface area contributed by atoms with Gasteiger partial charge in [-0.1, -0.05) is 18.5 Å². The molecule has 9 heteroatoms. The molecule has 1 aromatic rings. The lowest BCUT2D eigenvalue weighted by atomic mass is 9.62. The average molecular weight is 450 g/mol. The van der Waals surface area contributed by atoms with Crippen LogP contribution in [0.3, 0.4) is 0 Å². The van der Waals surface area contributed by atoms with Crippen LogP contribution in [0.1, 0.15) is 26.7 Å². The van der Waals surface area contributed by atoms with Gasteiger partial charge in [0, 0.05) is 30.9 Å². The fourth-order valence-corrected chi connectivity index (χ4v) is 5.95. The molecule has 3 heterocycles. The van der Waals surface area contributed by atoms with Crippen molar-refractivity contribution in [2.45, 2.75) is 43.9 Å². The molecule has 6 atom stereocenters. The third kappa shape index (κ3) is 3.15. The van der Waals surface area contributed by atoms with Crippen molar-refractivity contribution in [1.29, 1.82) is 0 Å². The lowest BCUT2D eigenvalue weighted by molar-refractivity contribution is -0.146. The van der Waals surface area contributed by atoms with E-state index in [0.717, 1.165) is 0 Å². The summed E-state index contributed by atoms with van der Waals surface area (Å²) in [4.78, 5) is 41.4. The molecule has 3 aliphatic rings. The first-order chi connectivity index (χ1) is 14.7. The number of rotatable bonds is 6. The second kappa shape index (κ2) is 7.76. The fraction of sp³-hybridized carbons (Fsp3) is 0.591. The zero-order chi connectivity index (χ0) is 22.6. The van der Waals surface area contributed by atoms with Gasteiger partial charge in [0.1, 0.15) is 11.6 Å². The van der Waals surface area contributed by atoms with Gasteiger partial charge in [0.25, 0.3) is 0 Å². The summed E-state index contributed by atoms with van der Waals surface area (Å²) >= 11 is 5.94. The standard InChI is InChI=1S/C22H28ClN3O5/c1-12-11-22-16(15(18(28)24-3)21(12,2)31-22)20(30)26(9-4-10-27)17(22)19(29)25-14-7-5-13(23)6-8-14/h5-8,12,15-17,27H,4,9-11H2,1-3H3,(H,24,28)(H,25,29)/t12?,15-,16-,17?,21+,22?/m0/s1. The Morgan fingerprint density at radius 3 is 2.58 bits per heavy atom. The van der Waals surface area contributed by atoms with Crippen molar-refractivity contribution < 1.29 is 24.2 Å². The fourth-order valence-electron chi connectivity index (χ4n) is 5.82. The molecular formula is C22H28ClN3O5. The van der Waals surface area contributed by atoms with E-state index in [1.165, 1.54) is 4.90 Å². The van der Waals surface area contributed by atoms with Gasteiger partial charge < -0.3 is 25.4 Å². The van der Waals surface area contributed by atoms with E-state index < -0.39 is 29.1 Å². The Hall–Kier alpha value is -2.16. The summed E-state index contributed by atoms with van der Waals surface area (Å²) in [5.74, 6) is -2.33. The van der Waals surface area contributed by atoms with E-state index in [1.807, 2.05) is 13.8 Å². The maximum atomic E-state index is 13.6. The predicted octanol–water partition coefficient (Wildman–Crippen LogP) is 1.42. The second-order valence-corrected chi connectivity index (χ2v) is 9.36. The van der Waals surface area contributed by atoms with Gasteiger partial charge in [-0.05, 0) is 49.9 Å². The van der Waals surface area contributed by atoms with E-state index >= 15 is 0 Å². The third-order valence-electron chi connectivity index (χ3n) is 7.26. The number of ether oxygens (including phenoxy) is 1. The van der Waals surface area contributed by atoms with Crippen molar-refractivity contribution in [3.63, 3.8) is 0 Å². The number of aliphatic hydroxyl groups is 1. The minimum Gasteiger partial charge on any atom is -0.396 e. The van der Waals surface area contributed by atoms with Gasteiger partial charge in [-0.3, -0.25) is 14.4 Å². The number of anilines is 1. The van der Waals surface area contributed by atoms with Crippen molar-refractivity contribution in [2.75, 3.05) is 25.5 Å². The summed E-state index contributed by atoms with van der Waals surface area (Å²) in [5.41, 5.74) is -1.37. The van der Waals surface area contributed by atoms with Crippen LogP contribution in [0, 0.1) is 17.8 Å². The summed E-state index contributed by atoms with van der Waals surface area (Å²) in [6, 6.07) is 5.82. The summed E-state index contributed by atoms with van der Waals surface area (Å²) in [6.07, 6.45) is 0.832. The highest BCUT2D eigenvalue weighted by atomic mass is 35.5. The van der Waals surface area contributed by atoms with Gasteiger partial charge in [0.15, 0.2) is 0 Å². The van der Waals surface area contributed by atoms with E-state index in [-0.39, 0.29) is 36.8 Å². The van der Waals surface area contributed by atoms with Gasteiger partial charge in [0.05, 0.1) is 17.4 Å². The summed E-state index contributed by atoms with van der Waals surface area (Å²) in [6.45, 7) is 3.96. The smallest absolute Gasteiger partial charge is 0.250 e. The molecule has 3 saturated heterocycles. The highest BCUT2D eigenvalue weighted by Gasteiger charge is 2.79. The molecule has 1 aromatic carbocycles. The van der Waals surface area contributed by atoms with Gasteiger partial charge in [-0.25, -0.2) is 0 Å². The number of hydrogen-bond acceptors (Lipinski definition) is 5. The number of nitrogens with one attached hydrogen (secondary N) is 2. The highest BCUT2D eigenvalue weighted by molar-refractivity contribution is 6.30. The van der Waals surface area contributed by atoms with Crippen molar-refractivity contribution in [3.05, 3.63) is 29.3 Å². The number of likely N-dealkylation sites (tertiary alicyclic amines) is 1. The molecule has 31 heavy (non-hydrogen) atoms. The summed E-state index contributed by atoms with van der Waals surface area (Å²) in [5, 5.41) is 15.4. The maximum absolute atomic E-state index is 13.6. The van der Waals surface area contributed by atoms with E-state index in [9.17, 15) is 19.5 Å². The molecule has 8 nitrogen and oxygen atoms in total. The quantitative estimate of drug-likeness (QED) is 0.608. The molecule has 3 fully saturated rings. The second-order valence-electron chi connectivity index (χ2n) is 8.92. The number of amides is 3. The average Bonchev–Trinajstić information content (AvgIpc) is 3.24. The number of halogens is 1. The van der Waals surface area contributed by atoms with Crippen LogP contribution in [0.15, 0.2) is 24.3 Å². The number of benzene rings is 1. The first-order valence-corrected chi connectivity index (χ1v) is 11.0. The molecule has 1 spiro atoms. The van der Waals surface area contributed by atoms with Crippen LogP contribution in [0.25, 0.3) is 0 Å². The van der Waals surface area contributed by atoms with Gasteiger partial charge in [0.2, 0.25) is 17.7 Å². The lowest BCUT2D eigenvalue weighted by Crippen LogP contribution is -2.54. The molecule has 4 rings (SSSR count). The van der Waals surface area contributed by atoms with E-state index in [4.69, 9.17) is 16.3 Å². The molecule has 3 aliphatic heterocycles. The van der Waals surface area contributed by atoms with Crippen LogP contribution in [0.5, 0.6) is 0 Å². The van der Waals surface area contributed by atoms with Crippen molar-refractivity contribution >= 4 is 35.0 Å². The maximum Gasteiger partial charge on any atom is 0.250 e. The SMILES string of the molecule is CNC(=O)[C@@H]1[C@H]2C(=O)N(CCCO)C(C(=O)Nc3ccc(Cl)cc3)C23CC(C)[C@@]1(C)O3. The first-order valence-electron chi connectivity index (χ1n) is 10.6. The molecule has 3 unspecified atom stereocenters. The zero-order valence-corrected chi connectivity index (χ0v) is 18.6. The van der Waals surface area contributed by atoms with Crippen LogP contribution in [-0.4, -0.2) is 65.2 Å². The van der Waals surface area contributed by atoms with Crippen LogP contribution < -0.4 is 10.6 Å². The number of nitrogens with zero attached hydrogens (tertiary/aromatic N) is 1. The zero-order valence-electron chi connectivity index (χ0n) is 17.9. The number of aliphatic hydroxyl groups excluding tert-OH is 1. The molecule has 3 amide bonds.